The lowest BCUT2D eigenvalue weighted by molar-refractivity contribution is 0.341. The largest absolute Gasteiger partial charge is 0.493 e. The van der Waals surface area contributed by atoms with Crippen molar-refractivity contribution in [3.05, 3.63) is 46.6 Å². The van der Waals surface area contributed by atoms with Gasteiger partial charge in [-0.2, -0.15) is 0 Å². The van der Waals surface area contributed by atoms with Crippen LogP contribution < -0.4 is 10.5 Å². The van der Waals surface area contributed by atoms with Crippen LogP contribution in [0.1, 0.15) is 6.92 Å². The predicted octanol–water partition coefficient (Wildman–Crippen LogP) is 4.29. The number of nitrogens with two attached hydrogens (primary N) is 1. The minimum Gasteiger partial charge on any atom is -0.493 e. The highest BCUT2D eigenvalue weighted by Crippen LogP contribution is 2.35. The number of para-hydroxylation sites is 1. The van der Waals surface area contributed by atoms with Gasteiger partial charge in [-0.25, -0.2) is 4.98 Å². The lowest BCUT2D eigenvalue weighted by atomic mass is 10.1. The highest BCUT2D eigenvalue weighted by molar-refractivity contribution is 6.36. The van der Waals surface area contributed by atoms with E-state index in [0.29, 0.717) is 33.8 Å². The normalized spacial score (nSPS) is 11.0. The molecular formula is C15H13Cl2N3O. The number of fused-ring (bicyclic) bond motifs is 1. The molecule has 0 aliphatic carbocycles. The van der Waals surface area contributed by atoms with Gasteiger partial charge in [-0.15, -0.1) is 0 Å². The number of nitrogens with zero attached hydrogens (tertiary/aromatic N) is 2. The maximum Gasteiger partial charge on any atom is 0.158 e. The van der Waals surface area contributed by atoms with Crippen molar-refractivity contribution in [2.45, 2.75) is 6.92 Å². The highest BCUT2D eigenvalue weighted by atomic mass is 35.5. The van der Waals surface area contributed by atoms with E-state index in [2.05, 4.69) is 4.98 Å². The van der Waals surface area contributed by atoms with Crippen molar-refractivity contribution in [2.75, 3.05) is 12.3 Å². The van der Waals surface area contributed by atoms with Crippen LogP contribution in [0, 0.1) is 0 Å². The van der Waals surface area contributed by atoms with Crippen LogP contribution >= 0.6 is 23.2 Å². The van der Waals surface area contributed by atoms with Gasteiger partial charge >= 0.3 is 0 Å². The van der Waals surface area contributed by atoms with Crippen molar-refractivity contribution in [3.63, 3.8) is 0 Å². The average Bonchev–Trinajstić information content (AvgIpc) is 2.78. The minimum atomic E-state index is 0.453. The number of hydrogen-bond donors (Lipinski definition) is 1. The summed E-state index contributed by atoms with van der Waals surface area (Å²) in [6.07, 6.45) is 1.69. The van der Waals surface area contributed by atoms with E-state index in [4.69, 9.17) is 33.7 Å². The van der Waals surface area contributed by atoms with Crippen LogP contribution in [0.15, 0.2) is 36.5 Å². The molecule has 0 bridgehead atoms. The van der Waals surface area contributed by atoms with E-state index in [1.165, 1.54) is 0 Å². The van der Waals surface area contributed by atoms with Gasteiger partial charge in [0.1, 0.15) is 17.3 Å². The van der Waals surface area contributed by atoms with Crippen molar-refractivity contribution in [1.29, 1.82) is 0 Å². The fourth-order valence-corrected chi connectivity index (χ4v) is 2.75. The van der Waals surface area contributed by atoms with Gasteiger partial charge in [0.25, 0.3) is 0 Å². The second-order valence-electron chi connectivity index (χ2n) is 4.47. The summed E-state index contributed by atoms with van der Waals surface area (Å²) in [6.45, 7) is 2.50. The molecule has 6 heteroatoms. The lowest BCUT2D eigenvalue weighted by Gasteiger charge is -2.08. The maximum atomic E-state index is 6.20. The molecule has 0 fully saturated rings. The molecule has 108 valence electrons. The molecule has 2 N–H and O–H groups in total. The van der Waals surface area contributed by atoms with Gasteiger partial charge in [-0.1, -0.05) is 35.3 Å². The van der Waals surface area contributed by atoms with Gasteiger partial charge < -0.3 is 10.5 Å². The van der Waals surface area contributed by atoms with E-state index in [9.17, 15) is 0 Å². The van der Waals surface area contributed by atoms with Gasteiger partial charge in [0.05, 0.1) is 16.7 Å². The first-order chi connectivity index (χ1) is 10.1. The zero-order valence-corrected chi connectivity index (χ0v) is 12.8. The van der Waals surface area contributed by atoms with Crippen LogP contribution in [0.3, 0.4) is 0 Å². The molecule has 2 aromatic heterocycles. The Morgan fingerprint density at radius 2 is 2.05 bits per heavy atom. The minimum absolute atomic E-state index is 0.453. The number of imidazole rings is 1. The smallest absolute Gasteiger partial charge is 0.158 e. The van der Waals surface area contributed by atoms with Crippen molar-refractivity contribution in [2.24, 2.45) is 0 Å². The van der Waals surface area contributed by atoms with Gasteiger partial charge in [0.2, 0.25) is 0 Å². The molecule has 3 rings (SSSR count). The molecule has 0 atom stereocenters. The molecule has 0 aliphatic heterocycles. The van der Waals surface area contributed by atoms with Crippen LogP contribution in [-0.2, 0) is 0 Å². The molecule has 0 saturated heterocycles. The molecule has 0 saturated carbocycles. The zero-order chi connectivity index (χ0) is 15.0. The fourth-order valence-electron chi connectivity index (χ4n) is 2.23. The van der Waals surface area contributed by atoms with Gasteiger partial charge in [0.15, 0.2) is 5.65 Å². The average molecular weight is 322 g/mol. The summed E-state index contributed by atoms with van der Waals surface area (Å²) in [5.74, 6) is 1.21. The summed E-state index contributed by atoms with van der Waals surface area (Å²) < 4.78 is 7.32. The van der Waals surface area contributed by atoms with Crippen LogP contribution in [0.5, 0.6) is 5.75 Å². The zero-order valence-electron chi connectivity index (χ0n) is 11.3. The highest BCUT2D eigenvalue weighted by Gasteiger charge is 2.17. The van der Waals surface area contributed by atoms with Crippen LogP contribution in [0.25, 0.3) is 16.9 Å². The van der Waals surface area contributed by atoms with Gasteiger partial charge in [0, 0.05) is 11.8 Å². The molecule has 21 heavy (non-hydrogen) atoms. The number of halogens is 2. The summed E-state index contributed by atoms with van der Waals surface area (Å²) in [6, 6.07) is 9.26. The Morgan fingerprint density at radius 3 is 2.81 bits per heavy atom. The van der Waals surface area contributed by atoms with Crippen molar-refractivity contribution in [1.82, 2.24) is 9.38 Å². The van der Waals surface area contributed by atoms with Crippen molar-refractivity contribution >= 4 is 34.7 Å². The number of pyridine rings is 1. The number of aromatic nitrogens is 2. The van der Waals surface area contributed by atoms with Crippen molar-refractivity contribution < 1.29 is 4.74 Å². The molecule has 3 aromatic rings. The number of anilines is 1. The Kier molecular flexibility index (Phi) is 3.66. The lowest BCUT2D eigenvalue weighted by Crippen LogP contribution is -1.97. The number of nitrogen functional groups attached to an aromatic ring is 1. The van der Waals surface area contributed by atoms with Crippen LogP contribution in [0.2, 0.25) is 10.0 Å². The Hall–Kier alpha value is -1.91. The summed E-state index contributed by atoms with van der Waals surface area (Å²) in [7, 11) is 0. The van der Waals surface area contributed by atoms with Crippen LogP contribution in [-0.4, -0.2) is 16.0 Å². The fraction of sp³-hybridized carbons (Fsp3) is 0.133. The Morgan fingerprint density at radius 1 is 1.29 bits per heavy atom. The van der Waals surface area contributed by atoms with E-state index in [1.807, 2.05) is 31.2 Å². The third kappa shape index (κ3) is 2.41. The second-order valence-corrected chi connectivity index (χ2v) is 5.32. The molecule has 0 unspecified atom stereocenters. The monoisotopic (exact) mass is 321 g/mol. The quantitative estimate of drug-likeness (QED) is 0.782. The van der Waals surface area contributed by atoms with E-state index < -0.39 is 0 Å². The molecule has 0 spiro atoms. The summed E-state index contributed by atoms with van der Waals surface area (Å²) >= 11 is 12.2. The molecule has 0 radical (unpaired) electrons. The van der Waals surface area contributed by atoms with E-state index in [1.54, 1.807) is 16.7 Å². The molecule has 2 heterocycles. The Balaban J connectivity index is 2.27. The summed E-state index contributed by atoms with van der Waals surface area (Å²) in [4.78, 5) is 4.53. The molecule has 4 nitrogen and oxygen atoms in total. The maximum absolute atomic E-state index is 6.20. The second kappa shape index (κ2) is 5.47. The third-order valence-corrected chi connectivity index (χ3v) is 3.61. The van der Waals surface area contributed by atoms with Gasteiger partial charge in [-0.05, 0) is 25.1 Å². The first-order valence-electron chi connectivity index (χ1n) is 6.46. The van der Waals surface area contributed by atoms with Crippen LogP contribution in [0.4, 0.5) is 5.82 Å². The van der Waals surface area contributed by atoms with E-state index >= 15 is 0 Å². The molecule has 1 aromatic carbocycles. The molecule has 0 amide bonds. The number of ether oxygens (including phenoxy) is 1. The number of rotatable bonds is 3. The molecular weight excluding hydrogens is 309 g/mol. The summed E-state index contributed by atoms with van der Waals surface area (Å²) in [5.41, 5.74) is 8.23. The first-order valence-corrected chi connectivity index (χ1v) is 7.22. The number of benzene rings is 1. The number of hydrogen-bond acceptors (Lipinski definition) is 3. The standard InChI is InChI=1S/C15H13Cl2N3O/c1-2-21-12-6-4-3-5-10(12)13-14(18)20-8-9(16)7-11(17)15(20)19-13/h3-8H,2,18H2,1H3. The predicted molar refractivity (Wildman–Crippen MR) is 86.2 cm³/mol. The van der Waals surface area contributed by atoms with Crippen molar-refractivity contribution in [3.8, 4) is 17.0 Å². The SMILES string of the molecule is CCOc1ccccc1-c1nc2c(Cl)cc(Cl)cn2c1N. The summed E-state index contributed by atoms with van der Waals surface area (Å²) in [5, 5.41) is 0.954. The van der Waals surface area contributed by atoms with Gasteiger partial charge in [-0.3, -0.25) is 4.40 Å². The molecule has 0 aliphatic rings. The Bertz CT molecular complexity index is 814. The third-order valence-electron chi connectivity index (χ3n) is 3.12. The van der Waals surface area contributed by atoms with E-state index in [-0.39, 0.29) is 0 Å². The first kappa shape index (κ1) is 14.0. The Labute approximate surface area is 132 Å². The van der Waals surface area contributed by atoms with E-state index in [0.717, 1.165) is 11.3 Å². The topological polar surface area (TPSA) is 52.5 Å².